The van der Waals surface area contributed by atoms with Crippen LogP contribution in [0.15, 0.2) is 24.3 Å². The van der Waals surface area contributed by atoms with Gasteiger partial charge in [0.2, 0.25) is 0 Å². The number of hydrogen-bond acceptors (Lipinski definition) is 3. The molecule has 0 aromatic heterocycles. The minimum absolute atomic E-state index is 0.0562. The molecular weight excluding hydrogens is 216 g/mol. The summed E-state index contributed by atoms with van der Waals surface area (Å²) in [6, 6.07) is 7.94. The summed E-state index contributed by atoms with van der Waals surface area (Å²) in [5.74, 6) is 0.676. The fourth-order valence-corrected chi connectivity index (χ4v) is 1.83. The number of carbonyl (C=O) groups excluding carboxylic acids is 1. The first-order valence-electron chi connectivity index (χ1n) is 5.93. The zero-order chi connectivity index (χ0) is 12.1. The van der Waals surface area contributed by atoms with Crippen molar-refractivity contribution in [1.29, 1.82) is 0 Å². The molecular formula is C13H18N2O2. The van der Waals surface area contributed by atoms with Crippen LogP contribution in [-0.2, 0) is 4.79 Å². The molecule has 0 bridgehead atoms. The lowest BCUT2D eigenvalue weighted by molar-refractivity contribution is -0.123. The van der Waals surface area contributed by atoms with Crippen LogP contribution in [0.3, 0.4) is 0 Å². The lowest BCUT2D eigenvalue weighted by Gasteiger charge is -2.12. The SMILES string of the molecule is Cc1ccc(OCC(=O)NC2CCNC2)cc1. The third kappa shape index (κ3) is 3.75. The average Bonchev–Trinajstić information content (AvgIpc) is 2.81. The molecule has 17 heavy (non-hydrogen) atoms. The molecule has 1 saturated heterocycles. The summed E-state index contributed by atoms with van der Waals surface area (Å²) in [4.78, 5) is 11.6. The van der Waals surface area contributed by atoms with Gasteiger partial charge in [-0.15, -0.1) is 0 Å². The Morgan fingerprint density at radius 2 is 2.24 bits per heavy atom. The van der Waals surface area contributed by atoms with E-state index in [-0.39, 0.29) is 18.6 Å². The van der Waals surface area contributed by atoms with Crippen molar-refractivity contribution in [2.24, 2.45) is 0 Å². The molecule has 0 aliphatic carbocycles. The molecule has 92 valence electrons. The maximum atomic E-state index is 11.6. The van der Waals surface area contributed by atoms with E-state index in [9.17, 15) is 4.79 Å². The molecule has 1 heterocycles. The standard InChI is InChI=1S/C13H18N2O2/c1-10-2-4-12(5-3-10)17-9-13(16)15-11-6-7-14-8-11/h2-5,11,14H,6-9H2,1H3,(H,15,16). The van der Waals surface area contributed by atoms with Crippen molar-refractivity contribution >= 4 is 5.91 Å². The number of rotatable bonds is 4. The van der Waals surface area contributed by atoms with Gasteiger partial charge in [0.15, 0.2) is 6.61 Å². The van der Waals surface area contributed by atoms with Gasteiger partial charge in [-0.25, -0.2) is 0 Å². The lowest BCUT2D eigenvalue weighted by atomic mass is 10.2. The summed E-state index contributed by atoms with van der Waals surface area (Å²) in [7, 11) is 0. The fraction of sp³-hybridized carbons (Fsp3) is 0.462. The highest BCUT2D eigenvalue weighted by Gasteiger charge is 2.16. The Bertz CT molecular complexity index is 370. The molecule has 4 nitrogen and oxygen atoms in total. The molecule has 1 aromatic rings. The normalized spacial score (nSPS) is 19.0. The number of nitrogens with one attached hydrogen (secondary N) is 2. The molecule has 1 aliphatic rings. The maximum Gasteiger partial charge on any atom is 0.258 e. The summed E-state index contributed by atoms with van der Waals surface area (Å²) in [5.41, 5.74) is 1.18. The van der Waals surface area contributed by atoms with E-state index < -0.39 is 0 Å². The van der Waals surface area contributed by atoms with Gasteiger partial charge in [0.1, 0.15) is 5.75 Å². The van der Waals surface area contributed by atoms with Crippen LogP contribution < -0.4 is 15.4 Å². The second-order valence-corrected chi connectivity index (χ2v) is 4.36. The van der Waals surface area contributed by atoms with E-state index in [4.69, 9.17) is 4.74 Å². The zero-order valence-corrected chi connectivity index (χ0v) is 10.0. The summed E-state index contributed by atoms with van der Waals surface area (Å²) in [6.45, 7) is 3.93. The molecule has 1 atom stereocenters. The highest BCUT2D eigenvalue weighted by Crippen LogP contribution is 2.11. The third-order valence-electron chi connectivity index (χ3n) is 2.82. The highest BCUT2D eigenvalue weighted by atomic mass is 16.5. The molecule has 1 aromatic carbocycles. The first-order chi connectivity index (χ1) is 8.24. The Labute approximate surface area is 101 Å². The van der Waals surface area contributed by atoms with Gasteiger partial charge in [-0.1, -0.05) is 17.7 Å². The minimum Gasteiger partial charge on any atom is -0.484 e. The Morgan fingerprint density at radius 3 is 2.88 bits per heavy atom. The molecule has 1 aliphatic heterocycles. The molecule has 0 radical (unpaired) electrons. The first kappa shape index (κ1) is 11.9. The van der Waals surface area contributed by atoms with Gasteiger partial charge in [0.25, 0.3) is 5.91 Å². The van der Waals surface area contributed by atoms with Crippen LogP contribution in [0.2, 0.25) is 0 Å². The van der Waals surface area contributed by atoms with Crippen LogP contribution in [0.5, 0.6) is 5.75 Å². The predicted octanol–water partition coefficient (Wildman–Crippen LogP) is 0.852. The first-order valence-corrected chi connectivity index (χ1v) is 5.93. The topological polar surface area (TPSA) is 50.4 Å². The molecule has 2 rings (SSSR count). The van der Waals surface area contributed by atoms with E-state index in [2.05, 4.69) is 10.6 Å². The van der Waals surface area contributed by atoms with Crippen LogP contribution in [0, 0.1) is 6.92 Å². The lowest BCUT2D eigenvalue weighted by Crippen LogP contribution is -2.39. The third-order valence-corrected chi connectivity index (χ3v) is 2.82. The second kappa shape index (κ2) is 5.68. The largest absolute Gasteiger partial charge is 0.484 e. The summed E-state index contributed by atoms with van der Waals surface area (Å²) >= 11 is 0. The van der Waals surface area contributed by atoms with Crippen molar-refractivity contribution in [2.45, 2.75) is 19.4 Å². The van der Waals surface area contributed by atoms with Gasteiger partial charge >= 0.3 is 0 Å². The van der Waals surface area contributed by atoms with E-state index in [1.54, 1.807) is 0 Å². The molecule has 4 heteroatoms. The number of ether oxygens (including phenoxy) is 1. The van der Waals surface area contributed by atoms with Gasteiger partial charge in [-0.2, -0.15) is 0 Å². The summed E-state index contributed by atoms with van der Waals surface area (Å²) in [6.07, 6.45) is 0.996. The van der Waals surface area contributed by atoms with Crippen LogP contribution in [0.25, 0.3) is 0 Å². The van der Waals surface area contributed by atoms with Crippen molar-refractivity contribution < 1.29 is 9.53 Å². The van der Waals surface area contributed by atoms with E-state index in [0.717, 1.165) is 25.3 Å². The Morgan fingerprint density at radius 1 is 1.47 bits per heavy atom. The van der Waals surface area contributed by atoms with Crippen LogP contribution in [0.1, 0.15) is 12.0 Å². The minimum atomic E-state index is -0.0562. The van der Waals surface area contributed by atoms with Gasteiger partial charge in [-0.05, 0) is 32.0 Å². The molecule has 1 fully saturated rings. The molecule has 2 N–H and O–H groups in total. The van der Waals surface area contributed by atoms with E-state index >= 15 is 0 Å². The number of aryl methyl sites for hydroxylation is 1. The highest BCUT2D eigenvalue weighted by molar-refractivity contribution is 5.77. The molecule has 0 saturated carbocycles. The number of hydrogen-bond donors (Lipinski definition) is 2. The van der Waals surface area contributed by atoms with Crippen LogP contribution in [-0.4, -0.2) is 31.6 Å². The Balaban J connectivity index is 1.73. The van der Waals surface area contributed by atoms with E-state index in [0.29, 0.717) is 0 Å². The summed E-state index contributed by atoms with van der Waals surface area (Å²) in [5, 5.41) is 6.14. The van der Waals surface area contributed by atoms with Crippen molar-refractivity contribution in [3.05, 3.63) is 29.8 Å². The van der Waals surface area contributed by atoms with Crippen LogP contribution >= 0.6 is 0 Å². The van der Waals surface area contributed by atoms with E-state index in [1.165, 1.54) is 5.56 Å². The second-order valence-electron chi connectivity index (χ2n) is 4.36. The van der Waals surface area contributed by atoms with Crippen molar-refractivity contribution in [3.8, 4) is 5.75 Å². The molecule has 1 unspecified atom stereocenters. The monoisotopic (exact) mass is 234 g/mol. The Hall–Kier alpha value is -1.55. The average molecular weight is 234 g/mol. The number of amides is 1. The number of benzene rings is 1. The Kier molecular flexibility index (Phi) is 3.98. The van der Waals surface area contributed by atoms with Crippen LogP contribution in [0.4, 0.5) is 0 Å². The quantitative estimate of drug-likeness (QED) is 0.812. The summed E-state index contributed by atoms with van der Waals surface area (Å²) < 4.78 is 5.40. The maximum absolute atomic E-state index is 11.6. The van der Waals surface area contributed by atoms with Gasteiger partial charge in [-0.3, -0.25) is 4.79 Å². The van der Waals surface area contributed by atoms with Crippen molar-refractivity contribution in [2.75, 3.05) is 19.7 Å². The van der Waals surface area contributed by atoms with Gasteiger partial charge in [0, 0.05) is 12.6 Å². The smallest absolute Gasteiger partial charge is 0.258 e. The van der Waals surface area contributed by atoms with Gasteiger partial charge in [0.05, 0.1) is 0 Å². The molecule has 1 amide bonds. The molecule has 0 spiro atoms. The van der Waals surface area contributed by atoms with Crippen molar-refractivity contribution in [3.63, 3.8) is 0 Å². The zero-order valence-electron chi connectivity index (χ0n) is 10.0. The number of carbonyl (C=O) groups is 1. The van der Waals surface area contributed by atoms with E-state index in [1.807, 2.05) is 31.2 Å². The fourth-order valence-electron chi connectivity index (χ4n) is 1.83. The predicted molar refractivity (Wildman–Crippen MR) is 66.1 cm³/mol. The van der Waals surface area contributed by atoms with Crippen molar-refractivity contribution in [1.82, 2.24) is 10.6 Å². The van der Waals surface area contributed by atoms with Gasteiger partial charge < -0.3 is 15.4 Å².